The Morgan fingerprint density at radius 3 is 2.54 bits per heavy atom. The summed E-state index contributed by atoms with van der Waals surface area (Å²) < 4.78 is 0. The zero-order valence-electron chi connectivity index (χ0n) is 7.11. The van der Waals surface area contributed by atoms with E-state index in [0.717, 1.165) is 6.42 Å². The molecule has 13 heavy (non-hydrogen) atoms. The van der Waals surface area contributed by atoms with Crippen molar-refractivity contribution < 1.29 is 15.0 Å². The standard InChI is InChI=1S/C5H10N4.CH2O3/c1-2-3-4-8-9-5(6)7;2-1(3)4/h3H,2H2,1H3,(H4,6,7,9);(H2,2,3,4). The predicted octanol–water partition coefficient (Wildman–Crippen LogP) is 0.243. The van der Waals surface area contributed by atoms with E-state index in [1.165, 1.54) is 0 Å². The van der Waals surface area contributed by atoms with E-state index >= 15 is 0 Å². The van der Waals surface area contributed by atoms with Gasteiger partial charge in [-0.05, 0) is 12.5 Å². The molecule has 0 atom stereocenters. The number of nitrogens with one attached hydrogen (secondary N) is 2. The Hall–Kier alpha value is -2.01. The molecule has 0 aliphatic heterocycles. The minimum atomic E-state index is -1.83. The third-order valence-electron chi connectivity index (χ3n) is 0.536. The Bertz CT molecular complexity index is 216. The minimum Gasteiger partial charge on any atom is -0.450 e. The van der Waals surface area contributed by atoms with Crippen LogP contribution in [-0.2, 0) is 0 Å². The lowest BCUT2D eigenvalue weighted by Crippen LogP contribution is -2.24. The van der Waals surface area contributed by atoms with Crippen LogP contribution >= 0.6 is 0 Å². The van der Waals surface area contributed by atoms with E-state index in [0.29, 0.717) is 0 Å². The first-order valence-corrected chi connectivity index (χ1v) is 3.29. The fourth-order valence-corrected chi connectivity index (χ4v) is 0.229. The van der Waals surface area contributed by atoms with Gasteiger partial charge in [-0.2, -0.15) is 0 Å². The van der Waals surface area contributed by atoms with Crippen LogP contribution < -0.4 is 11.2 Å². The molecule has 7 nitrogen and oxygen atoms in total. The third-order valence-corrected chi connectivity index (χ3v) is 0.536. The predicted molar refractivity (Wildman–Crippen MR) is 48.0 cm³/mol. The van der Waals surface area contributed by atoms with E-state index < -0.39 is 6.16 Å². The van der Waals surface area contributed by atoms with Gasteiger partial charge in [0.2, 0.25) is 5.96 Å². The lowest BCUT2D eigenvalue weighted by atomic mass is 10.5. The molecule has 0 saturated carbocycles. The highest BCUT2D eigenvalue weighted by Gasteiger charge is 1.73. The number of hydrogen-bond donors (Lipinski definition) is 5. The van der Waals surface area contributed by atoms with Crippen LogP contribution in [-0.4, -0.2) is 28.2 Å². The third kappa shape index (κ3) is 40.1. The summed E-state index contributed by atoms with van der Waals surface area (Å²) >= 11 is 0. The summed E-state index contributed by atoms with van der Waals surface area (Å²) in [6.07, 6.45) is 0.777. The molecule has 0 aromatic rings. The Labute approximate surface area is 75.1 Å². The summed E-state index contributed by atoms with van der Waals surface area (Å²) in [6.45, 7) is 1.97. The highest BCUT2D eigenvalue weighted by atomic mass is 16.6. The van der Waals surface area contributed by atoms with E-state index in [9.17, 15) is 0 Å². The van der Waals surface area contributed by atoms with Crippen LogP contribution in [0.4, 0.5) is 4.79 Å². The van der Waals surface area contributed by atoms with Crippen LogP contribution in [0, 0.1) is 5.41 Å². The van der Waals surface area contributed by atoms with Gasteiger partial charge in [0.25, 0.3) is 0 Å². The Morgan fingerprint density at radius 1 is 1.77 bits per heavy atom. The number of hydrogen-bond acceptors (Lipinski definition) is 3. The average Bonchev–Trinajstić information content (AvgIpc) is 1.97. The van der Waals surface area contributed by atoms with Crippen molar-refractivity contribution in [2.75, 3.05) is 0 Å². The summed E-state index contributed by atoms with van der Waals surface area (Å²) in [5.74, 6) is 2.36. The molecule has 0 rings (SSSR count). The van der Waals surface area contributed by atoms with Gasteiger partial charge in [-0.3, -0.25) is 5.41 Å². The van der Waals surface area contributed by atoms with Crippen molar-refractivity contribution in [1.29, 1.82) is 5.41 Å². The van der Waals surface area contributed by atoms with E-state index in [-0.39, 0.29) is 5.96 Å². The van der Waals surface area contributed by atoms with E-state index in [2.05, 4.69) is 16.4 Å². The maximum atomic E-state index is 8.56. The number of guanidine groups is 1. The molecule has 0 fully saturated rings. The zero-order chi connectivity index (χ0) is 10.7. The van der Waals surface area contributed by atoms with Crippen LogP contribution in [0.3, 0.4) is 0 Å². The maximum Gasteiger partial charge on any atom is 0.503 e. The van der Waals surface area contributed by atoms with Crippen molar-refractivity contribution in [3.05, 3.63) is 6.08 Å². The number of rotatable bonds is 2. The largest absolute Gasteiger partial charge is 0.503 e. The van der Waals surface area contributed by atoms with Crippen LogP contribution in [0.2, 0.25) is 0 Å². The molecule has 7 heteroatoms. The monoisotopic (exact) mass is 188 g/mol. The van der Waals surface area contributed by atoms with Crippen molar-refractivity contribution in [3.8, 4) is 0 Å². The molecule has 6 N–H and O–H groups in total. The van der Waals surface area contributed by atoms with Gasteiger partial charge in [0.05, 0.1) is 0 Å². The number of hydrazone groups is 1. The van der Waals surface area contributed by atoms with Crippen molar-refractivity contribution in [2.24, 2.45) is 10.8 Å². The summed E-state index contributed by atoms with van der Waals surface area (Å²) in [5, 5.41) is 24.0. The topological polar surface area (TPSA) is 132 Å². The van der Waals surface area contributed by atoms with Crippen LogP contribution in [0.25, 0.3) is 0 Å². The molecule has 0 aromatic heterocycles. The van der Waals surface area contributed by atoms with Crippen molar-refractivity contribution in [3.63, 3.8) is 0 Å². The quantitative estimate of drug-likeness (QED) is 0.240. The second-order valence-corrected chi connectivity index (χ2v) is 1.66. The van der Waals surface area contributed by atoms with Gasteiger partial charge in [-0.1, -0.05) is 6.92 Å². The molecule has 0 unspecified atom stereocenters. The van der Waals surface area contributed by atoms with Crippen molar-refractivity contribution >= 4 is 18.0 Å². The molecule has 0 heterocycles. The molecule has 0 radical (unpaired) electrons. The van der Waals surface area contributed by atoms with Crippen LogP contribution in [0.5, 0.6) is 0 Å². The minimum absolute atomic E-state index is 0.174. The van der Waals surface area contributed by atoms with Crippen molar-refractivity contribution in [2.45, 2.75) is 13.3 Å². The first kappa shape index (κ1) is 13.6. The maximum absolute atomic E-state index is 8.56. The molecular formula is C6H12N4O3. The SMILES string of the molecule is CCC=C=NNC(=N)N.O=C(O)O. The van der Waals surface area contributed by atoms with E-state index in [1.807, 2.05) is 6.92 Å². The second-order valence-electron chi connectivity index (χ2n) is 1.66. The highest BCUT2D eigenvalue weighted by molar-refractivity contribution is 5.74. The highest BCUT2D eigenvalue weighted by Crippen LogP contribution is 1.67. The normalized spacial score (nSPS) is 6.85. The van der Waals surface area contributed by atoms with Gasteiger partial charge in [0.1, 0.15) is 0 Å². The van der Waals surface area contributed by atoms with Gasteiger partial charge in [-0.15, -0.1) is 5.10 Å². The second kappa shape index (κ2) is 9.99. The fraction of sp³-hybridized carbons (Fsp3) is 0.333. The van der Waals surface area contributed by atoms with Gasteiger partial charge >= 0.3 is 6.16 Å². The molecule has 0 amide bonds. The molecule has 74 valence electrons. The fourth-order valence-electron chi connectivity index (χ4n) is 0.229. The van der Waals surface area contributed by atoms with Gasteiger partial charge < -0.3 is 15.9 Å². The molecule has 0 saturated heterocycles. The summed E-state index contributed by atoms with van der Waals surface area (Å²) in [6, 6.07) is 0. The van der Waals surface area contributed by atoms with Crippen LogP contribution in [0.15, 0.2) is 11.2 Å². The first-order chi connectivity index (χ1) is 6.00. The molecule has 0 aromatic carbocycles. The Morgan fingerprint density at radius 2 is 2.23 bits per heavy atom. The number of nitrogens with zero attached hydrogens (tertiary/aromatic N) is 1. The molecule has 0 bridgehead atoms. The lowest BCUT2D eigenvalue weighted by Gasteiger charge is -1.87. The zero-order valence-corrected chi connectivity index (χ0v) is 7.11. The Kier molecular flexibility index (Phi) is 10.4. The summed E-state index contributed by atoms with van der Waals surface area (Å²) in [5.41, 5.74) is 7.12. The Balaban J connectivity index is 0. The van der Waals surface area contributed by atoms with Gasteiger partial charge in [0.15, 0.2) is 0 Å². The number of nitrogens with two attached hydrogens (primary N) is 1. The van der Waals surface area contributed by atoms with E-state index in [1.54, 1.807) is 6.08 Å². The summed E-state index contributed by atoms with van der Waals surface area (Å²) in [4.78, 5) is 8.56. The number of allylic oxidation sites excluding steroid dienone is 1. The van der Waals surface area contributed by atoms with E-state index in [4.69, 9.17) is 26.2 Å². The average molecular weight is 188 g/mol. The van der Waals surface area contributed by atoms with Gasteiger partial charge in [-0.25, -0.2) is 10.2 Å². The van der Waals surface area contributed by atoms with Gasteiger partial charge in [0, 0.05) is 5.87 Å². The number of carbonyl (C=O) groups is 1. The molecule has 0 aliphatic rings. The van der Waals surface area contributed by atoms with Crippen LogP contribution in [0.1, 0.15) is 13.3 Å². The lowest BCUT2D eigenvalue weighted by molar-refractivity contribution is 0.137. The summed E-state index contributed by atoms with van der Waals surface area (Å²) in [7, 11) is 0. The van der Waals surface area contributed by atoms with Crippen molar-refractivity contribution in [1.82, 2.24) is 5.43 Å². The molecule has 0 spiro atoms. The molecular weight excluding hydrogens is 176 g/mol. The number of carboxylic acid groups (broad SMARTS) is 2. The first-order valence-electron chi connectivity index (χ1n) is 3.29. The molecule has 0 aliphatic carbocycles. The smallest absolute Gasteiger partial charge is 0.450 e.